The molecule has 0 radical (unpaired) electrons. The number of pyridine rings is 1. The zero-order valence-corrected chi connectivity index (χ0v) is 10.2. The predicted octanol–water partition coefficient (Wildman–Crippen LogP) is 0.597. The molecule has 1 amide bonds. The van der Waals surface area contributed by atoms with Gasteiger partial charge in [0.15, 0.2) is 0 Å². The van der Waals surface area contributed by atoms with E-state index in [1.54, 1.807) is 24.4 Å². The second-order valence-corrected chi connectivity index (χ2v) is 3.90. The number of rotatable bonds is 5. The van der Waals surface area contributed by atoms with Crippen LogP contribution in [0.25, 0.3) is 0 Å². The Morgan fingerprint density at radius 2 is 2.29 bits per heavy atom. The summed E-state index contributed by atoms with van der Waals surface area (Å²) >= 11 is 0. The standard InChI is InChI=1S/C12H18N4O/c1-16(2)7-3-4-12(17)15-11-6-5-10(8-13)14-9-11/h3-6,9H,7-8,13H2,1-2H3,(H,15,17)/b4-3+. The van der Waals surface area contributed by atoms with E-state index in [-0.39, 0.29) is 5.91 Å². The molecule has 0 aromatic carbocycles. The fourth-order valence-electron chi connectivity index (χ4n) is 1.17. The van der Waals surface area contributed by atoms with Gasteiger partial charge in [-0.05, 0) is 26.2 Å². The third-order valence-electron chi connectivity index (χ3n) is 2.04. The van der Waals surface area contributed by atoms with Gasteiger partial charge in [-0.1, -0.05) is 6.08 Å². The van der Waals surface area contributed by atoms with E-state index in [4.69, 9.17) is 5.73 Å². The van der Waals surface area contributed by atoms with E-state index in [2.05, 4.69) is 10.3 Å². The number of carbonyl (C=O) groups is 1. The minimum atomic E-state index is -0.158. The average Bonchev–Trinajstić information content (AvgIpc) is 2.29. The summed E-state index contributed by atoms with van der Waals surface area (Å²) in [4.78, 5) is 17.5. The molecule has 0 spiro atoms. The number of anilines is 1. The molecular weight excluding hydrogens is 216 g/mol. The number of carbonyl (C=O) groups excluding carboxylic acids is 1. The third-order valence-corrected chi connectivity index (χ3v) is 2.04. The summed E-state index contributed by atoms with van der Waals surface area (Å²) in [6.45, 7) is 1.13. The van der Waals surface area contributed by atoms with Crippen molar-refractivity contribution < 1.29 is 4.79 Å². The van der Waals surface area contributed by atoms with Gasteiger partial charge in [0.1, 0.15) is 0 Å². The molecule has 0 aliphatic rings. The Kier molecular flexibility index (Phi) is 5.32. The Morgan fingerprint density at radius 3 is 2.82 bits per heavy atom. The Labute approximate surface area is 101 Å². The molecule has 17 heavy (non-hydrogen) atoms. The zero-order chi connectivity index (χ0) is 12.7. The number of amides is 1. The second kappa shape index (κ2) is 6.78. The molecule has 5 heteroatoms. The van der Waals surface area contributed by atoms with E-state index in [0.29, 0.717) is 12.2 Å². The van der Waals surface area contributed by atoms with Gasteiger partial charge < -0.3 is 16.0 Å². The lowest BCUT2D eigenvalue weighted by Crippen LogP contribution is -2.13. The van der Waals surface area contributed by atoms with Crippen LogP contribution < -0.4 is 11.1 Å². The van der Waals surface area contributed by atoms with Gasteiger partial charge in [0.25, 0.3) is 0 Å². The van der Waals surface area contributed by atoms with Crippen LogP contribution >= 0.6 is 0 Å². The SMILES string of the molecule is CN(C)C/C=C/C(=O)Nc1ccc(CN)nc1. The molecule has 0 unspecified atom stereocenters. The molecule has 1 heterocycles. The molecule has 92 valence electrons. The Balaban J connectivity index is 2.47. The largest absolute Gasteiger partial charge is 0.325 e. The van der Waals surface area contributed by atoms with E-state index in [9.17, 15) is 4.79 Å². The molecule has 0 fully saturated rings. The summed E-state index contributed by atoms with van der Waals surface area (Å²) in [7, 11) is 3.88. The van der Waals surface area contributed by atoms with Crippen molar-refractivity contribution in [2.75, 3.05) is 26.0 Å². The monoisotopic (exact) mass is 234 g/mol. The van der Waals surface area contributed by atoms with Crippen LogP contribution in [0.5, 0.6) is 0 Å². The number of hydrogen-bond donors (Lipinski definition) is 2. The van der Waals surface area contributed by atoms with E-state index in [1.165, 1.54) is 6.08 Å². The topological polar surface area (TPSA) is 71.2 Å². The number of aromatic nitrogens is 1. The lowest BCUT2D eigenvalue weighted by atomic mass is 10.3. The van der Waals surface area contributed by atoms with Crippen LogP contribution in [-0.4, -0.2) is 36.4 Å². The maximum Gasteiger partial charge on any atom is 0.248 e. The Hall–Kier alpha value is -1.72. The Bertz CT molecular complexity index is 384. The molecule has 1 aromatic heterocycles. The minimum absolute atomic E-state index is 0.158. The first kappa shape index (κ1) is 13.3. The predicted molar refractivity (Wildman–Crippen MR) is 68.5 cm³/mol. The Morgan fingerprint density at radius 1 is 1.53 bits per heavy atom. The zero-order valence-electron chi connectivity index (χ0n) is 10.2. The number of likely N-dealkylation sites (N-methyl/N-ethyl adjacent to an activating group) is 1. The van der Waals surface area contributed by atoms with Crippen molar-refractivity contribution in [3.8, 4) is 0 Å². The lowest BCUT2D eigenvalue weighted by molar-refractivity contribution is -0.111. The fraction of sp³-hybridized carbons (Fsp3) is 0.333. The average molecular weight is 234 g/mol. The number of nitrogens with one attached hydrogen (secondary N) is 1. The highest BCUT2D eigenvalue weighted by Crippen LogP contribution is 2.05. The van der Waals surface area contributed by atoms with Crippen LogP contribution in [0.15, 0.2) is 30.5 Å². The maximum absolute atomic E-state index is 11.5. The van der Waals surface area contributed by atoms with E-state index in [1.807, 2.05) is 19.0 Å². The number of nitrogens with two attached hydrogens (primary N) is 1. The van der Waals surface area contributed by atoms with Gasteiger partial charge in [0.2, 0.25) is 5.91 Å². The number of hydrogen-bond acceptors (Lipinski definition) is 4. The first-order valence-electron chi connectivity index (χ1n) is 5.39. The quantitative estimate of drug-likeness (QED) is 0.732. The highest BCUT2D eigenvalue weighted by Gasteiger charge is 1.98. The summed E-state index contributed by atoms with van der Waals surface area (Å²) in [5, 5.41) is 2.72. The van der Waals surface area contributed by atoms with Gasteiger partial charge >= 0.3 is 0 Å². The molecule has 5 nitrogen and oxygen atoms in total. The molecule has 0 bridgehead atoms. The van der Waals surface area contributed by atoms with Gasteiger partial charge in [-0.15, -0.1) is 0 Å². The van der Waals surface area contributed by atoms with E-state index >= 15 is 0 Å². The summed E-state index contributed by atoms with van der Waals surface area (Å²) in [6.07, 6.45) is 4.91. The smallest absolute Gasteiger partial charge is 0.248 e. The van der Waals surface area contributed by atoms with Crippen LogP contribution in [0, 0.1) is 0 Å². The fourth-order valence-corrected chi connectivity index (χ4v) is 1.17. The summed E-state index contributed by atoms with van der Waals surface area (Å²) in [6, 6.07) is 3.58. The molecule has 1 aromatic rings. The van der Waals surface area contributed by atoms with Crippen LogP contribution in [0.4, 0.5) is 5.69 Å². The maximum atomic E-state index is 11.5. The highest BCUT2D eigenvalue weighted by atomic mass is 16.1. The van der Waals surface area contributed by atoms with Crippen molar-refractivity contribution in [3.63, 3.8) is 0 Å². The van der Waals surface area contributed by atoms with Crippen molar-refractivity contribution in [2.45, 2.75) is 6.54 Å². The summed E-state index contributed by atoms with van der Waals surface area (Å²) in [5.74, 6) is -0.158. The normalized spacial score (nSPS) is 11.1. The van der Waals surface area contributed by atoms with Crippen LogP contribution in [0.1, 0.15) is 5.69 Å². The highest BCUT2D eigenvalue weighted by molar-refractivity contribution is 5.99. The molecular formula is C12H18N4O. The van der Waals surface area contributed by atoms with Crippen molar-refractivity contribution in [2.24, 2.45) is 5.73 Å². The van der Waals surface area contributed by atoms with E-state index in [0.717, 1.165) is 12.2 Å². The van der Waals surface area contributed by atoms with Crippen LogP contribution in [-0.2, 0) is 11.3 Å². The molecule has 0 aliphatic heterocycles. The van der Waals surface area contributed by atoms with Crippen LogP contribution in [0.3, 0.4) is 0 Å². The molecule has 0 saturated carbocycles. The van der Waals surface area contributed by atoms with Crippen molar-refractivity contribution >= 4 is 11.6 Å². The molecule has 0 aliphatic carbocycles. The van der Waals surface area contributed by atoms with Crippen LogP contribution in [0.2, 0.25) is 0 Å². The van der Waals surface area contributed by atoms with Crippen molar-refractivity contribution in [1.82, 2.24) is 9.88 Å². The van der Waals surface area contributed by atoms with Gasteiger partial charge in [0.05, 0.1) is 17.6 Å². The second-order valence-electron chi connectivity index (χ2n) is 3.90. The molecule has 1 rings (SSSR count). The summed E-state index contributed by atoms with van der Waals surface area (Å²) < 4.78 is 0. The van der Waals surface area contributed by atoms with Gasteiger partial charge in [-0.25, -0.2) is 0 Å². The third kappa shape index (κ3) is 5.24. The van der Waals surface area contributed by atoms with Gasteiger partial charge in [-0.2, -0.15) is 0 Å². The summed E-state index contributed by atoms with van der Waals surface area (Å²) in [5.41, 5.74) is 6.90. The number of nitrogens with zero attached hydrogens (tertiary/aromatic N) is 2. The first-order chi connectivity index (χ1) is 8.11. The molecule has 3 N–H and O–H groups in total. The van der Waals surface area contributed by atoms with Gasteiger partial charge in [0, 0.05) is 19.2 Å². The van der Waals surface area contributed by atoms with E-state index < -0.39 is 0 Å². The van der Waals surface area contributed by atoms with Crippen molar-refractivity contribution in [1.29, 1.82) is 0 Å². The van der Waals surface area contributed by atoms with Crippen molar-refractivity contribution in [3.05, 3.63) is 36.2 Å². The first-order valence-corrected chi connectivity index (χ1v) is 5.39. The van der Waals surface area contributed by atoms with Gasteiger partial charge in [-0.3, -0.25) is 9.78 Å². The molecule has 0 saturated heterocycles. The molecule has 0 atom stereocenters. The lowest BCUT2D eigenvalue weighted by Gasteiger charge is -2.04. The minimum Gasteiger partial charge on any atom is -0.325 e.